The van der Waals surface area contributed by atoms with Crippen LogP contribution >= 0.6 is 0 Å². The number of carbonyl (C=O) groups excluding carboxylic acids is 2. The second-order valence-electron chi connectivity index (χ2n) is 8.30. The molecule has 29 heavy (non-hydrogen) atoms. The number of likely N-dealkylation sites (tertiary alicyclic amines) is 1. The number of fused-ring (bicyclic) bond motifs is 1. The van der Waals surface area contributed by atoms with Gasteiger partial charge in [-0.05, 0) is 43.0 Å². The Morgan fingerprint density at radius 3 is 2.66 bits per heavy atom. The molecule has 160 valence electrons. The number of rotatable bonds is 4. The van der Waals surface area contributed by atoms with Crippen molar-refractivity contribution in [3.8, 4) is 0 Å². The summed E-state index contributed by atoms with van der Waals surface area (Å²) >= 11 is 0. The van der Waals surface area contributed by atoms with Crippen molar-refractivity contribution in [1.82, 2.24) is 4.90 Å². The van der Waals surface area contributed by atoms with Crippen molar-refractivity contribution in [2.75, 3.05) is 25.0 Å². The van der Waals surface area contributed by atoms with Crippen molar-refractivity contribution in [2.45, 2.75) is 45.9 Å². The van der Waals surface area contributed by atoms with Crippen molar-refractivity contribution in [2.24, 2.45) is 17.8 Å². The van der Waals surface area contributed by atoms with E-state index in [2.05, 4.69) is 5.32 Å². The molecule has 1 N–H and O–H groups in total. The molecule has 0 radical (unpaired) electrons. The fourth-order valence-electron chi connectivity index (χ4n) is 4.23. The van der Waals surface area contributed by atoms with Gasteiger partial charge in [-0.15, -0.1) is 0 Å². The van der Waals surface area contributed by atoms with Crippen LogP contribution < -0.4 is 5.32 Å². The number of hydrogen-bond acceptors (Lipinski definition) is 3. The molecule has 2 aliphatic heterocycles. The Morgan fingerprint density at radius 1 is 1.31 bits per heavy atom. The van der Waals surface area contributed by atoms with Crippen molar-refractivity contribution < 1.29 is 27.5 Å². The fourth-order valence-corrected chi connectivity index (χ4v) is 4.23. The Labute approximate surface area is 168 Å². The summed E-state index contributed by atoms with van der Waals surface area (Å²) in [6, 6.07) is 3.27. The van der Waals surface area contributed by atoms with Gasteiger partial charge in [0.2, 0.25) is 11.8 Å². The highest BCUT2D eigenvalue weighted by Gasteiger charge is 2.42. The molecule has 3 atom stereocenters. The molecule has 0 saturated carbocycles. The van der Waals surface area contributed by atoms with E-state index >= 15 is 0 Å². The molecule has 0 bridgehead atoms. The van der Waals surface area contributed by atoms with E-state index in [1.165, 1.54) is 13.0 Å². The number of piperidine rings is 1. The molecule has 0 unspecified atom stereocenters. The lowest BCUT2D eigenvalue weighted by molar-refractivity contribution is -0.138. The number of aryl methyl sites for hydroxylation is 1. The summed E-state index contributed by atoms with van der Waals surface area (Å²) in [6.45, 7) is 7.14. The Morgan fingerprint density at radius 2 is 2.03 bits per heavy atom. The van der Waals surface area contributed by atoms with Gasteiger partial charge in [-0.25, -0.2) is 0 Å². The largest absolute Gasteiger partial charge is 0.416 e. The summed E-state index contributed by atoms with van der Waals surface area (Å²) in [4.78, 5) is 26.6. The molecule has 5 nitrogen and oxygen atoms in total. The topological polar surface area (TPSA) is 58.6 Å². The standard InChI is InChI=1S/C21H27F3N2O3/c1-12(2)20(28)26-7-6-16-14(10-26)11-29-18(16)9-19(27)25-17-5-4-15(8-13(17)3)21(22,23)24/h4-5,8,12,14,16,18H,6-7,9-11H2,1-3H3,(H,25,27)/t14-,16+,18-/m0/s1. The van der Waals surface area contributed by atoms with Crippen LogP contribution in [-0.2, 0) is 20.5 Å². The maximum atomic E-state index is 12.8. The van der Waals surface area contributed by atoms with Crippen LogP contribution in [0.15, 0.2) is 18.2 Å². The third-order valence-corrected chi connectivity index (χ3v) is 5.81. The number of ether oxygens (including phenoxy) is 1. The summed E-state index contributed by atoms with van der Waals surface area (Å²) in [7, 11) is 0. The number of alkyl halides is 3. The average Bonchev–Trinajstić information content (AvgIpc) is 3.03. The highest BCUT2D eigenvalue weighted by molar-refractivity contribution is 5.91. The minimum Gasteiger partial charge on any atom is -0.377 e. The number of carbonyl (C=O) groups is 2. The predicted molar refractivity (Wildman–Crippen MR) is 102 cm³/mol. The highest BCUT2D eigenvalue weighted by Crippen LogP contribution is 2.36. The van der Waals surface area contributed by atoms with E-state index in [0.717, 1.165) is 18.6 Å². The first kappa shape index (κ1) is 21.6. The van der Waals surface area contributed by atoms with Gasteiger partial charge in [0.05, 0.1) is 24.7 Å². The van der Waals surface area contributed by atoms with E-state index in [1.54, 1.807) is 0 Å². The number of amides is 2. The van der Waals surface area contributed by atoms with Gasteiger partial charge in [-0.3, -0.25) is 9.59 Å². The Hall–Kier alpha value is -2.09. The van der Waals surface area contributed by atoms with E-state index in [-0.39, 0.29) is 42.1 Å². The molecule has 2 saturated heterocycles. The first-order chi connectivity index (χ1) is 13.6. The maximum absolute atomic E-state index is 12.8. The summed E-state index contributed by atoms with van der Waals surface area (Å²) in [5, 5.41) is 2.70. The van der Waals surface area contributed by atoms with Crippen LogP contribution in [0.4, 0.5) is 18.9 Å². The Bertz CT molecular complexity index is 779. The molecule has 1 aromatic carbocycles. The molecule has 0 aromatic heterocycles. The number of anilines is 1. The smallest absolute Gasteiger partial charge is 0.377 e. The van der Waals surface area contributed by atoms with E-state index in [0.29, 0.717) is 30.9 Å². The summed E-state index contributed by atoms with van der Waals surface area (Å²) in [5.74, 6) is 0.256. The lowest BCUT2D eigenvalue weighted by Crippen LogP contribution is -2.46. The Balaban J connectivity index is 1.57. The number of halogens is 3. The van der Waals surface area contributed by atoms with Crippen LogP contribution in [0, 0.1) is 24.7 Å². The lowest BCUT2D eigenvalue weighted by Gasteiger charge is -2.36. The molecular formula is C21H27F3N2O3. The predicted octanol–water partition coefficient (Wildman–Crippen LogP) is 3.86. The van der Waals surface area contributed by atoms with Crippen LogP contribution in [-0.4, -0.2) is 42.5 Å². The normalized spacial score (nSPS) is 24.5. The third-order valence-electron chi connectivity index (χ3n) is 5.81. The summed E-state index contributed by atoms with van der Waals surface area (Å²) < 4.78 is 44.2. The molecule has 2 heterocycles. The zero-order valence-corrected chi connectivity index (χ0v) is 16.9. The monoisotopic (exact) mass is 412 g/mol. The molecule has 2 aliphatic rings. The van der Waals surface area contributed by atoms with Gasteiger partial charge in [-0.1, -0.05) is 13.8 Å². The third kappa shape index (κ3) is 4.91. The summed E-state index contributed by atoms with van der Waals surface area (Å²) in [6.07, 6.45) is -3.70. The van der Waals surface area contributed by atoms with Crippen LogP contribution in [0.1, 0.15) is 37.8 Å². The molecule has 8 heteroatoms. The quantitative estimate of drug-likeness (QED) is 0.817. The molecule has 0 spiro atoms. The molecule has 1 aromatic rings. The van der Waals surface area contributed by atoms with Gasteiger partial charge in [0, 0.05) is 30.6 Å². The minimum absolute atomic E-state index is 0.0394. The Kier molecular flexibility index (Phi) is 6.22. The van der Waals surface area contributed by atoms with Crippen molar-refractivity contribution in [3.63, 3.8) is 0 Å². The van der Waals surface area contributed by atoms with E-state index in [9.17, 15) is 22.8 Å². The molecule has 2 amide bonds. The number of nitrogens with one attached hydrogen (secondary N) is 1. The van der Waals surface area contributed by atoms with Crippen molar-refractivity contribution in [3.05, 3.63) is 29.3 Å². The minimum atomic E-state index is -4.41. The van der Waals surface area contributed by atoms with Gasteiger partial charge < -0.3 is 15.0 Å². The van der Waals surface area contributed by atoms with E-state index < -0.39 is 11.7 Å². The lowest BCUT2D eigenvalue weighted by atomic mass is 9.83. The second kappa shape index (κ2) is 8.34. The maximum Gasteiger partial charge on any atom is 0.416 e. The average molecular weight is 412 g/mol. The zero-order chi connectivity index (χ0) is 21.3. The van der Waals surface area contributed by atoms with Gasteiger partial charge in [-0.2, -0.15) is 13.2 Å². The summed E-state index contributed by atoms with van der Waals surface area (Å²) in [5.41, 5.74) is -0.00790. The van der Waals surface area contributed by atoms with Crippen LogP contribution in [0.2, 0.25) is 0 Å². The highest BCUT2D eigenvalue weighted by atomic mass is 19.4. The molecule has 0 aliphatic carbocycles. The zero-order valence-electron chi connectivity index (χ0n) is 16.9. The van der Waals surface area contributed by atoms with Gasteiger partial charge in [0.15, 0.2) is 0 Å². The van der Waals surface area contributed by atoms with Gasteiger partial charge in [0.1, 0.15) is 0 Å². The van der Waals surface area contributed by atoms with E-state index in [1.807, 2.05) is 18.7 Å². The fraction of sp³-hybridized carbons (Fsp3) is 0.619. The van der Waals surface area contributed by atoms with Crippen molar-refractivity contribution >= 4 is 17.5 Å². The van der Waals surface area contributed by atoms with Gasteiger partial charge >= 0.3 is 6.18 Å². The molecule has 3 rings (SSSR count). The SMILES string of the molecule is Cc1cc(C(F)(F)F)ccc1NC(=O)C[C@@H]1OC[C@@H]2CN(C(=O)C(C)C)CC[C@H]21. The first-order valence-corrected chi connectivity index (χ1v) is 9.94. The van der Waals surface area contributed by atoms with Crippen LogP contribution in [0.3, 0.4) is 0 Å². The van der Waals surface area contributed by atoms with E-state index in [4.69, 9.17) is 4.74 Å². The van der Waals surface area contributed by atoms with Crippen LogP contribution in [0.5, 0.6) is 0 Å². The molecular weight excluding hydrogens is 385 g/mol. The second-order valence-corrected chi connectivity index (χ2v) is 8.30. The number of benzene rings is 1. The van der Waals surface area contributed by atoms with Gasteiger partial charge in [0.25, 0.3) is 0 Å². The van der Waals surface area contributed by atoms with Crippen molar-refractivity contribution in [1.29, 1.82) is 0 Å². The number of nitrogens with zero attached hydrogens (tertiary/aromatic N) is 1. The number of hydrogen-bond donors (Lipinski definition) is 1. The molecule has 2 fully saturated rings. The van der Waals surface area contributed by atoms with Crippen LogP contribution in [0.25, 0.3) is 0 Å². The first-order valence-electron chi connectivity index (χ1n) is 9.94.